The highest BCUT2D eigenvalue weighted by Crippen LogP contribution is 2.15. The maximum atomic E-state index is 5.16. The third kappa shape index (κ3) is 4.15. The lowest BCUT2D eigenvalue weighted by Crippen LogP contribution is -2.18. The molecule has 0 aliphatic rings. The van der Waals surface area contributed by atoms with Gasteiger partial charge in [-0.1, -0.05) is 34.0 Å². The van der Waals surface area contributed by atoms with Crippen molar-refractivity contribution < 1.29 is 0 Å². The van der Waals surface area contributed by atoms with Crippen molar-refractivity contribution in [3.05, 3.63) is 34.3 Å². The van der Waals surface area contributed by atoms with Crippen LogP contribution in [0.25, 0.3) is 0 Å². The van der Waals surface area contributed by atoms with Gasteiger partial charge < -0.3 is 0 Å². The summed E-state index contributed by atoms with van der Waals surface area (Å²) in [6.45, 7) is 2.71. The predicted octanol–water partition coefficient (Wildman–Crippen LogP) is 3.15. The Balaban J connectivity index is 0.00000169. The monoisotopic (exact) mass is 273 g/mol. The van der Waals surface area contributed by atoms with Gasteiger partial charge in [-0.15, -0.1) is 18.8 Å². The normalized spacial score (nSPS) is 11.2. The lowest BCUT2D eigenvalue weighted by atomic mass is 10.1. The van der Waals surface area contributed by atoms with Crippen LogP contribution in [0.4, 0.5) is 0 Å². The second kappa shape index (κ2) is 6.89. The van der Waals surface area contributed by atoms with E-state index < -0.39 is 0 Å². The molecule has 1 aromatic carbocycles. The minimum atomic E-state index is 0. The molecule has 0 bridgehead atoms. The number of benzene rings is 1. The topological polar surface area (TPSA) is 12.0 Å². The Labute approximate surface area is 99.8 Å². The van der Waals surface area contributed by atoms with Gasteiger partial charge in [-0.05, 0) is 24.6 Å². The van der Waals surface area contributed by atoms with Crippen LogP contribution in [0.5, 0.6) is 0 Å². The van der Waals surface area contributed by atoms with Gasteiger partial charge in [-0.2, -0.15) is 0 Å². The molecule has 0 radical (unpaired) electrons. The van der Waals surface area contributed by atoms with Crippen LogP contribution in [0.2, 0.25) is 0 Å². The van der Waals surface area contributed by atoms with Crippen LogP contribution in [0.15, 0.2) is 28.7 Å². The highest BCUT2D eigenvalue weighted by atomic mass is 79.9. The quantitative estimate of drug-likeness (QED) is 0.835. The molecule has 14 heavy (non-hydrogen) atoms. The number of rotatable bonds is 3. The molecule has 1 aromatic rings. The zero-order valence-corrected chi connectivity index (χ0v) is 10.4. The molecule has 0 aliphatic heterocycles. The Morgan fingerprint density at radius 1 is 1.43 bits per heavy atom. The van der Waals surface area contributed by atoms with E-state index in [0.717, 1.165) is 4.47 Å². The number of halogens is 2. The first kappa shape index (κ1) is 13.5. The summed E-state index contributed by atoms with van der Waals surface area (Å²) in [7, 11) is 0. The van der Waals surface area contributed by atoms with Gasteiger partial charge in [0.15, 0.2) is 0 Å². The number of hydrogen-bond acceptors (Lipinski definition) is 1. The molecular weight excluding hydrogens is 261 g/mol. The van der Waals surface area contributed by atoms with Gasteiger partial charge in [-0.25, -0.2) is 0 Å². The summed E-state index contributed by atoms with van der Waals surface area (Å²) >= 11 is 3.39. The second-order valence-corrected chi connectivity index (χ2v) is 3.77. The van der Waals surface area contributed by atoms with Gasteiger partial charge in [0.05, 0.1) is 6.54 Å². The Morgan fingerprint density at radius 2 is 2.00 bits per heavy atom. The van der Waals surface area contributed by atoms with Crippen molar-refractivity contribution in [1.82, 2.24) is 5.32 Å². The van der Waals surface area contributed by atoms with Gasteiger partial charge in [0.2, 0.25) is 0 Å². The molecular formula is C11H13BrClN. The van der Waals surface area contributed by atoms with E-state index in [0.29, 0.717) is 12.6 Å². The Hall–Kier alpha value is -0.490. The predicted molar refractivity (Wildman–Crippen MR) is 66.6 cm³/mol. The molecule has 1 nitrogen and oxygen atoms in total. The molecule has 1 unspecified atom stereocenters. The van der Waals surface area contributed by atoms with Gasteiger partial charge in [-0.3, -0.25) is 5.32 Å². The first-order valence-corrected chi connectivity index (χ1v) is 4.95. The molecule has 0 saturated carbocycles. The average molecular weight is 275 g/mol. The largest absolute Gasteiger partial charge is 0.300 e. The van der Waals surface area contributed by atoms with Crippen LogP contribution >= 0.6 is 28.3 Å². The summed E-state index contributed by atoms with van der Waals surface area (Å²) in [5.74, 6) is 2.56. The molecule has 0 fully saturated rings. The molecule has 0 spiro atoms. The Morgan fingerprint density at radius 3 is 2.50 bits per heavy atom. The SMILES string of the molecule is C#CCNC(C)c1ccc(Br)cc1.Cl. The summed E-state index contributed by atoms with van der Waals surface area (Å²) in [6, 6.07) is 8.53. The van der Waals surface area contributed by atoms with Crippen LogP contribution in [0.1, 0.15) is 18.5 Å². The fraction of sp³-hybridized carbons (Fsp3) is 0.273. The van der Waals surface area contributed by atoms with Crippen molar-refractivity contribution in [2.24, 2.45) is 0 Å². The van der Waals surface area contributed by atoms with Crippen LogP contribution in [0, 0.1) is 12.3 Å². The molecule has 0 aromatic heterocycles. The van der Waals surface area contributed by atoms with Crippen molar-refractivity contribution in [1.29, 1.82) is 0 Å². The lowest BCUT2D eigenvalue weighted by Gasteiger charge is -2.11. The molecule has 0 amide bonds. The van der Waals surface area contributed by atoms with Gasteiger partial charge >= 0.3 is 0 Å². The van der Waals surface area contributed by atoms with Crippen LogP contribution < -0.4 is 5.32 Å². The van der Waals surface area contributed by atoms with Crippen molar-refractivity contribution in [3.8, 4) is 12.3 Å². The Bertz CT molecular complexity index is 302. The highest BCUT2D eigenvalue weighted by molar-refractivity contribution is 9.10. The third-order valence-corrected chi connectivity index (χ3v) is 2.41. The number of hydrogen-bond donors (Lipinski definition) is 1. The van der Waals surface area contributed by atoms with Crippen molar-refractivity contribution in [2.45, 2.75) is 13.0 Å². The number of nitrogens with one attached hydrogen (secondary N) is 1. The minimum absolute atomic E-state index is 0. The summed E-state index contributed by atoms with van der Waals surface area (Å²) in [5, 5.41) is 3.22. The molecule has 1 atom stereocenters. The standard InChI is InChI=1S/C11H12BrN.ClH/c1-3-8-13-9(2)10-4-6-11(12)7-5-10;/h1,4-7,9,13H,8H2,2H3;1H. The Kier molecular flexibility index (Phi) is 6.65. The lowest BCUT2D eigenvalue weighted by molar-refractivity contribution is 0.623. The molecule has 3 heteroatoms. The minimum Gasteiger partial charge on any atom is -0.300 e. The maximum absolute atomic E-state index is 5.16. The zero-order valence-electron chi connectivity index (χ0n) is 7.96. The summed E-state index contributed by atoms with van der Waals surface area (Å²) in [6.07, 6.45) is 5.16. The van der Waals surface area contributed by atoms with Crippen LogP contribution in [-0.2, 0) is 0 Å². The maximum Gasteiger partial charge on any atom is 0.0578 e. The molecule has 0 aliphatic carbocycles. The first-order valence-electron chi connectivity index (χ1n) is 4.16. The first-order chi connectivity index (χ1) is 6.24. The summed E-state index contributed by atoms with van der Waals surface area (Å²) in [5.41, 5.74) is 1.25. The van der Waals surface area contributed by atoms with E-state index in [1.165, 1.54) is 5.56 Å². The van der Waals surface area contributed by atoms with Crippen LogP contribution in [0.3, 0.4) is 0 Å². The van der Waals surface area contributed by atoms with E-state index in [1.54, 1.807) is 0 Å². The van der Waals surface area contributed by atoms with Crippen molar-refractivity contribution >= 4 is 28.3 Å². The van der Waals surface area contributed by atoms with Crippen molar-refractivity contribution in [3.63, 3.8) is 0 Å². The molecule has 0 saturated heterocycles. The van der Waals surface area contributed by atoms with E-state index in [9.17, 15) is 0 Å². The molecule has 1 N–H and O–H groups in total. The number of terminal acetylenes is 1. The van der Waals surface area contributed by atoms with Gasteiger partial charge in [0, 0.05) is 10.5 Å². The summed E-state index contributed by atoms with van der Waals surface area (Å²) < 4.78 is 1.10. The van der Waals surface area contributed by atoms with Crippen molar-refractivity contribution in [2.75, 3.05) is 6.54 Å². The van der Waals surface area contributed by atoms with Gasteiger partial charge in [0.1, 0.15) is 0 Å². The fourth-order valence-corrected chi connectivity index (χ4v) is 1.35. The second-order valence-electron chi connectivity index (χ2n) is 2.86. The van der Waals surface area contributed by atoms with Gasteiger partial charge in [0.25, 0.3) is 0 Å². The molecule has 0 heterocycles. The fourth-order valence-electron chi connectivity index (χ4n) is 1.08. The summed E-state index contributed by atoms with van der Waals surface area (Å²) in [4.78, 5) is 0. The molecule has 76 valence electrons. The van der Waals surface area contributed by atoms with E-state index in [-0.39, 0.29) is 12.4 Å². The third-order valence-electron chi connectivity index (χ3n) is 1.88. The molecule has 1 rings (SSSR count). The van der Waals surface area contributed by atoms with E-state index in [4.69, 9.17) is 6.42 Å². The highest BCUT2D eigenvalue weighted by Gasteiger charge is 2.02. The smallest absolute Gasteiger partial charge is 0.0578 e. The van der Waals surface area contributed by atoms with E-state index >= 15 is 0 Å². The van der Waals surface area contributed by atoms with E-state index in [1.807, 2.05) is 12.1 Å². The van der Waals surface area contributed by atoms with E-state index in [2.05, 4.69) is 46.2 Å². The zero-order chi connectivity index (χ0) is 9.68. The average Bonchev–Trinajstić information content (AvgIpc) is 2.15. The van der Waals surface area contributed by atoms with Crippen LogP contribution in [-0.4, -0.2) is 6.54 Å².